The van der Waals surface area contributed by atoms with Gasteiger partial charge in [-0.3, -0.25) is 4.84 Å². The van der Waals surface area contributed by atoms with Crippen molar-refractivity contribution in [2.24, 2.45) is 0 Å². The fourth-order valence-electron chi connectivity index (χ4n) is 1.81. The topological polar surface area (TPSA) is 21.7 Å². The van der Waals surface area contributed by atoms with E-state index in [9.17, 15) is 0 Å². The molecule has 1 aliphatic rings. The van der Waals surface area contributed by atoms with Crippen LogP contribution in [0.1, 0.15) is 0 Å². The monoisotopic (exact) mass is 212 g/mol. The molecule has 2 aromatic rings. The van der Waals surface area contributed by atoms with Crippen LogP contribution >= 0.6 is 0 Å². The highest BCUT2D eigenvalue weighted by molar-refractivity contribution is 5.75. The van der Waals surface area contributed by atoms with Crippen molar-refractivity contribution in [3.8, 4) is 11.5 Å². The molecule has 1 aliphatic heterocycles. The number of hydrogen-bond acceptors (Lipinski definition) is 3. The second-order valence-electron chi connectivity index (χ2n) is 3.46. The zero-order chi connectivity index (χ0) is 11.0. The van der Waals surface area contributed by atoms with E-state index in [0.717, 1.165) is 22.9 Å². The first-order chi connectivity index (χ1) is 7.90. The third-order valence-electron chi connectivity index (χ3n) is 2.52. The number of anilines is 2. The van der Waals surface area contributed by atoms with Crippen molar-refractivity contribution in [3.63, 3.8) is 0 Å². The normalized spacial score (nSPS) is 12.7. The van der Waals surface area contributed by atoms with Gasteiger partial charge in [0.15, 0.2) is 11.5 Å². The lowest BCUT2D eigenvalue weighted by Gasteiger charge is -2.29. The number of benzene rings is 2. The molecule has 1 radical (unpaired) electrons. The Bertz CT molecular complexity index is 479. The Hall–Kier alpha value is -2.00. The van der Waals surface area contributed by atoms with Crippen LogP contribution in [0.5, 0.6) is 11.5 Å². The number of fused-ring (bicyclic) bond motifs is 2. The van der Waals surface area contributed by atoms with Gasteiger partial charge in [0.05, 0.1) is 0 Å². The summed E-state index contributed by atoms with van der Waals surface area (Å²) >= 11 is 0. The van der Waals surface area contributed by atoms with E-state index in [1.165, 1.54) is 0 Å². The van der Waals surface area contributed by atoms with E-state index in [1.807, 2.05) is 48.5 Å². The number of nitrogens with zero attached hydrogens (tertiary/aromatic N) is 1. The summed E-state index contributed by atoms with van der Waals surface area (Å²) in [7, 11) is 3.48. The van der Waals surface area contributed by atoms with Gasteiger partial charge >= 0.3 is 0 Å². The van der Waals surface area contributed by atoms with Crippen LogP contribution in [0.2, 0.25) is 0 Å². The molecule has 2 aromatic carbocycles. The standard InChI is InChI=1S/C13H10NO2/c1-15-14-10-6-2-4-8-12(10)16-13-9-5-3-7-11(13)14/h2-9H,1H2. The summed E-state index contributed by atoms with van der Waals surface area (Å²) in [6.45, 7) is 0. The van der Waals surface area contributed by atoms with Crippen molar-refractivity contribution in [1.82, 2.24) is 0 Å². The van der Waals surface area contributed by atoms with Crippen molar-refractivity contribution in [1.29, 1.82) is 0 Å². The average molecular weight is 212 g/mol. The van der Waals surface area contributed by atoms with Gasteiger partial charge in [-0.05, 0) is 24.3 Å². The van der Waals surface area contributed by atoms with E-state index < -0.39 is 0 Å². The fraction of sp³-hybridized carbons (Fsp3) is 0. The first-order valence-corrected chi connectivity index (χ1v) is 4.98. The molecule has 0 N–H and O–H groups in total. The van der Waals surface area contributed by atoms with Crippen molar-refractivity contribution in [2.75, 3.05) is 5.06 Å². The molecule has 0 saturated carbocycles. The first-order valence-electron chi connectivity index (χ1n) is 4.98. The lowest BCUT2D eigenvalue weighted by atomic mass is 10.2. The Morgan fingerprint density at radius 1 is 0.875 bits per heavy atom. The Labute approximate surface area is 93.8 Å². The van der Waals surface area contributed by atoms with Crippen molar-refractivity contribution < 1.29 is 9.57 Å². The Morgan fingerprint density at radius 3 is 1.88 bits per heavy atom. The molecule has 0 fully saturated rings. The highest BCUT2D eigenvalue weighted by Gasteiger charge is 2.23. The third kappa shape index (κ3) is 1.26. The summed E-state index contributed by atoms with van der Waals surface area (Å²) in [5.74, 6) is 1.54. The largest absolute Gasteiger partial charge is 0.453 e. The second-order valence-corrected chi connectivity index (χ2v) is 3.46. The molecular weight excluding hydrogens is 202 g/mol. The molecule has 0 spiro atoms. The summed E-state index contributed by atoms with van der Waals surface area (Å²) in [4.78, 5) is 5.15. The molecule has 1 heterocycles. The SMILES string of the molecule is [CH2]ON1c2ccccc2Oc2ccccc21. The van der Waals surface area contributed by atoms with Crippen molar-refractivity contribution in [3.05, 3.63) is 55.6 Å². The molecule has 0 atom stereocenters. The number of hydrogen-bond donors (Lipinski definition) is 0. The molecule has 3 nitrogen and oxygen atoms in total. The highest BCUT2D eigenvalue weighted by atomic mass is 16.7. The number of para-hydroxylation sites is 4. The molecule has 3 rings (SSSR count). The van der Waals surface area contributed by atoms with Gasteiger partial charge in [0.2, 0.25) is 0 Å². The van der Waals surface area contributed by atoms with Crippen molar-refractivity contribution in [2.45, 2.75) is 0 Å². The lowest BCUT2D eigenvalue weighted by molar-refractivity contribution is 0.236. The van der Waals surface area contributed by atoms with Crippen LogP contribution in [0, 0.1) is 7.11 Å². The molecule has 0 unspecified atom stereocenters. The van der Waals surface area contributed by atoms with E-state index in [-0.39, 0.29) is 0 Å². The van der Waals surface area contributed by atoms with Crippen molar-refractivity contribution >= 4 is 11.4 Å². The Morgan fingerprint density at radius 2 is 1.38 bits per heavy atom. The molecule has 0 amide bonds. The highest BCUT2D eigenvalue weighted by Crippen LogP contribution is 2.46. The predicted molar refractivity (Wildman–Crippen MR) is 61.5 cm³/mol. The maximum absolute atomic E-state index is 5.76. The average Bonchev–Trinajstić information content (AvgIpc) is 2.36. The minimum absolute atomic E-state index is 0.768. The molecule has 0 aromatic heterocycles. The van der Waals surface area contributed by atoms with Crippen LogP contribution in [0.3, 0.4) is 0 Å². The van der Waals surface area contributed by atoms with Crippen LogP contribution < -0.4 is 9.80 Å². The third-order valence-corrected chi connectivity index (χ3v) is 2.52. The molecule has 3 heteroatoms. The minimum atomic E-state index is 0.768. The van der Waals surface area contributed by atoms with E-state index in [2.05, 4.69) is 7.11 Å². The van der Waals surface area contributed by atoms with E-state index in [1.54, 1.807) is 5.06 Å². The van der Waals surface area contributed by atoms with E-state index in [4.69, 9.17) is 9.57 Å². The van der Waals surface area contributed by atoms with Crippen LogP contribution in [-0.2, 0) is 4.84 Å². The van der Waals surface area contributed by atoms with E-state index >= 15 is 0 Å². The van der Waals surface area contributed by atoms with Crippen LogP contribution in [-0.4, -0.2) is 0 Å². The van der Waals surface area contributed by atoms with Gasteiger partial charge in [-0.2, -0.15) is 0 Å². The zero-order valence-electron chi connectivity index (χ0n) is 8.59. The second kappa shape index (κ2) is 3.54. The number of ether oxygens (including phenoxy) is 1. The molecule has 0 bridgehead atoms. The molecule has 79 valence electrons. The fourth-order valence-corrected chi connectivity index (χ4v) is 1.81. The summed E-state index contributed by atoms with van der Waals surface area (Å²) in [5, 5.41) is 1.66. The van der Waals surface area contributed by atoms with Gasteiger partial charge in [-0.1, -0.05) is 24.3 Å². The van der Waals surface area contributed by atoms with Crippen LogP contribution in [0.25, 0.3) is 0 Å². The zero-order valence-corrected chi connectivity index (χ0v) is 8.59. The van der Waals surface area contributed by atoms with Gasteiger partial charge in [0, 0.05) is 0 Å². The Balaban J connectivity index is 2.19. The smallest absolute Gasteiger partial charge is 0.153 e. The minimum Gasteiger partial charge on any atom is -0.453 e. The lowest BCUT2D eigenvalue weighted by Crippen LogP contribution is -2.18. The van der Waals surface area contributed by atoms with Gasteiger partial charge in [0.1, 0.15) is 18.5 Å². The first kappa shape index (κ1) is 9.24. The van der Waals surface area contributed by atoms with Gasteiger partial charge in [0.25, 0.3) is 0 Å². The van der Waals surface area contributed by atoms with Crippen LogP contribution in [0.15, 0.2) is 48.5 Å². The molecule has 16 heavy (non-hydrogen) atoms. The van der Waals surface area contributed by atoms with Gasteiger partial charge < -0.3 is 4.74 Å². The molecule has 0 saturated heterocycles. The Kier molecular flexibility index (Phi) is 2.04. The molecule has 0 aliphatic carbocycles. The molecular formula is C13H10NO2. The maximum Gasteiger partial charge on any atom is 0.153 e. The summed E-state index contributed by atoms with van der Waals surface area (Å²) < 4.78 is 5.76. The predicted octanol–water partition coefficient (Wildman–Crippen LogP) is 3.65. The van der Waals surface area contributed by atoms with Gasteiger partial charge in [-0.15, -0.1) is 0 Å². The summed E-state index contributed by atoms with van der Waals surface area (Å²) in [6.07, 6.45) is 0. The van der Waals surface area contributed by atoms with Crippen LogP contribution in [0.4, 0.5) is 11.4 Å². The number of rotatable bonds is 1. The maximum atomic E-state index is 5.76. The summed E-state index contributed by atoms with van der Waals surface area (Å²) in [6, 6.07) is 15.4. The summed E-state index contributed by atoms with van der Waals surface area (Å²) in [5.41, 5.74) is 1.72. The quantitative estimate of drug-likeness (QED) is 0.720. The van der Waals surface area contributed by atoms with E-state index in [0.29, 0.717) is 0 Å². The van der Waals surface area contributed by atoms with Gasteiger partial charge in [-0.25, -0.2) is 5.06 Å².